The zero-order chi connectivity index (χ0) is 12.4. The highest BCUT2D eigenvalue weighted by atomic mass is 16.3. The summed E-state index contributed by atoms with van der Waals surface area (Å²) >= 11 is 0. The molecule has 0 radical (unpaired) electrons. The second-order valence-corrected chi connectivity index (χ2v) is 6.62. The van der Waals surface area contributed by atoms with Gasteiger partial charge in [0.05, 0.1) is 12.2 Å². The molecule has 0 aromatic heterocycles. The summed E-state index contributed by atoms with van der Waals surface area (Å²) in [5.41, 5.74) is 0. The van der Waals surface area contributed by atoms with Crippen LogP contribution in [0.15, 0.2) is 0 Å². The van der Waals surface area contributed by atoms with Crippen molar-refractivity contribution < 1.29 is 10.2 Å². The third kappa shape index (κ3) is 3.23. The van der Waals surface area contributed by atoms with Gasteiger partial charge in [-0.1, -0.05) is 26.7 Å². The van der Waals surface area contributed by atoms with Crippen molar-refractivity contribution in [2.45, 2.75) is 71.0 Å². The minimum atomic E-state index is -0.0975. The van der Waals surface area contributed by atoms with E-state index in [0.717, 1.165) is 19.3 Å². The van der Waals surface area contributed by atoms with Gasteiger partial charge in [-0.05, 0) is 55.8 Å². The molecule has 0 saturated heterocycles. The van der Waals surface area contributed by atoms with Crippen molar-refractivity contribution in [3.63, 3.8) is 0 Å². The van der Waals surface area contributed by atoms with E-state index in [1.165, 1.54) is 25.7 Å². The molecule has 2 N–H and O–H groups in total. The van der Waals surface area contributed by atoms with Crippen LogP contribution < -0.4 is 0 Å². The first-order chi connectivity index (χ1) is 8.08. The topological polar surface area (TPSA) is 40.5 Å². The average molecular weight is 240 g/mol. The lowest BCUT2D eigenvalue weighted by molar-refractivity contribution is 0.0227. The molecule has 0 aromatic carbocycles. The Hall–Kier alpha value is -0.0800. The molecule has 2 fully saturated rings. The normalized spacial score (nSPS) is 44.8. The van der Waals surface area contributed by atoms with Crippen LogP contribution in [0, 0.1) is 23.7 Å². The highest BCUT2D eigenvalue weighted by molar-refractivity contribution is 4.85. The summed E-state index contributed by atoms with van der Waals surface area (Å²) in [5, 5.41) is 20.1. The molecule has 2 nitrogen and oxygen atoms in total. The van der Waals surface area contributed by atoms with E-state index in [0.29, 0.717) is 23.7 Å². The molecule has 0 heterocycles. The Bertz CT molecular complexity index is 241. The van der Waals surface area contributed by atoms with Crippen LogP contribution in [0.5, 0.6) is 0 Å². The predicted molar refractivity (Wildman–Crippen MR) is 69.6 cm³/mol. The lowest BCUT2D eigenvalue weighted by atomic mass is 9.74. The fourth-order valence-corrected chi connectivity index (χ4v) is 3.97. The van der Waals surface area contributed by atoms with E-state index in [4.69, 9.17) is 0 Å². The lowest BCUT2D eigenvalue weighted by Gasteiger charge is -2.35. The van der Waals surface area contributed by atoms with Gasteiger partial charge in [-0.2, -0.15) is 0 Å². The maximum Gasteiger partial charge on any atom is 0.0571 e. The maximum atomic E-state index is 10.1. The van der Waals surface area contributed by atoms with Crippen LogP contribution in [0.2, 0.25) is 0 Å². The summed E-state index contributed by atoms with van der Waals surface area (Å²) in [7, 11) is 0. The third-order valence-electron chi connectivity index (χ3n) is 5.16. The number of hydrogen-bond donors (Lipinski definition) is 2. The zero-order valence-corrected chi connectivity index (χ0v) is 11.3. The largest absolute Gasteiger partial charge is 0.393 e. The molecule has 6 unspecified atom stereocenters. The molecule has 0 aliphatic heterocycles. The van der Waals surface area contributed by atoms with Gasteiger partial charge in [-0.25, -0.2) is 0 Å². The van der Waals surface area contributed by atoms with Crippen LogP contribution in [0.4, 0.5) is 0 Å². The summed E-state index contributed by atoms with van der Waals surface area (Å²) in [6.45, 7) is 4.51. The van der Waals surface area contributed by atoms with E-state index in [2.05, 4.69) is 13.8 Å². The molecule has 17 heavy (non-hydrogen) atoms. The van der Waals surface area contributed by atoms with Crippen molar-refractivity contribution in [2.24, 2.45) is 23.7 Å². The van der Waals surface area contributed by atoms with Gasteiger partial charge < -0.3 is 10.2 Å². The van der Waals surface area contributed by atoms with Gasteiger partial charge in [0.15, 0.2) is 0 Å². The minimum absolute atomic E-state index is 0.0790. The first-order valence-corrected chi connectivity index (χ1v) is 7.44. The van der Waals surface area contributed by atoms with Crippen LogP contribution in [0.25, 0.3) is 0 Å². The quantitative estimate of drug-likeness (QED) is 0.796. The zero-order valence-electron chi connectivity index (χ0n) is 11.3. The van der Waals surface area contributed by atoms with Crippen LogP contribution in [-0.4, -0.2) is 22.4 Å². The molecule has 2 rings (SSSR count). The van der Waals surface area contributed by atoms with Crippen LogP contribution in [0.3, 0.4) is 0 Å². The van der Waals surface area contributed by atoms with Crippen molar-refractivity contribution >= 4 is 0 Å². The van der Waals surface area contributed by atoms with Crippen molar-refractivity contribution in [2.75, 3.05) is 0 Å². The molecular weight excluding hydrogens is 212 g/mol. The molecule has 2 heteroatoms. The summed E-state index contributed by atoms with van der Waals surface area (Å²) in [4.78, 5) is 0. The molecule has 6 atom stereocenters. The number of rotatable bonds is 3. The van der Waals surface area contributed by atoms with Crippen LogP contribution in [-0.2, 0) is 0 Å². The second-order valence-electron chi connectivity index (χ2n) is 6.62. The fraction of sp³-hybridized carbons (Fsp3) is 1.00. The van der Waals surface area contributed by atoms with E-state index in [-0.39, 0.29) is 12.2 Å². The first-order valence-electron chi connectivity index (χ1n) is 7.44. The summed E-state index contributed by atoms with van der Waals surface area (Å²) in [6.07, 6.45) is 7.70. The maximum absolute atomic E-state index is 10.1. The molecule has 2 saturated carbocycles. The summed E-state index contributed by atoms with van der Waals surface area (Å²) < 4.78 is 0. The van der Waals surface area contributed by atoms with E-state index in [9.17, 15) is 10.2 Å². The smallest absolute Gasteiger partial charge is 0.0571 e. The Morgan fingerprint density at radius 2 is 1.82 bits per heavy atom. The minimum Gasteiger partial charge on any atom is -0.393 e. The standard InChI is InChI=1S/C15H28O2/c1-10-6-7-12(15(17)8-10)9-11(2)13-4-3-5-14(13)16/h10-17H,3-9H2,1-2H3. The lowest BCUT2D eigenvalue weighted by Crippen LogP contribution is -2.32. The van der Waals surface area contributed by atoms with Gasteiger partial charge in [-0.3, -0.25) is 0 Å². The molecule has 100 valence electrons. The van der Waals surface area contributed by atoms with Gasteiger partial charge >= 0.3 is 0 Å². The first kappa shape index (κ1) is 13.4. The highest BCUT2D eigenvalue weighted by Crippen LogP contribution is 2.39. The van der Waals surface area contributed by atoms with Gasteiger partial charge in [0.25, 0.3) is 0 Å². The Morgan fingerprint density at radius 1 is 1.06 bits per heavy atom. The molecule has 0 bridgehead atoms. The van der Waals surface area contributed by atoms with Crippen molar-refractivity contribution in [1.29, 1.82) is 0 Å². The number of aliphatic hydroxyl groups is 2. The molecule has 0 aromatic rings. The highest BCUT2D eigenvalue weighted by Gasteiger charge is 2.34. The number of aliphatic hydroxyl groups excluding tert-OH is 2. The van der Waals surface area contributed by atoms with Crippen molar-refractivity contribution in [3.8, 4) is 0 Å². The van der Waals surface area contributed by atoms with Gasteiger partial charge in [0, 0.05) is 0 Å². The Kier molecular flexibility index (Phi) is 4.48. The summed E-state index contributed by atoms with van der Waals surface area (Å²) in [6, 6.07) is 0. The van der Waals surface area contributed by atoms with E-state index >= 15 is 0 Å². The van der Waals surface area contributed by atoms with E-state index in [1.807, 2.05) is 0 Å². The van der Waals surface area contributed by atoms with Crippen LogP contribution >= 0.6 is 0 Å². The van der Waals surface area contributed by atoms with Crippen molar-refractivity contribution in [3.05, 3.63) is 0 Å². The monoisotopic (exact) mass is 240 g/mol. The average Bonchev–Trinajstić information content (AvgIpc) is 2.68. The van der Waals surface area contributed by atoms with Crippen LogP contribution in [0.1, 0.15) is 58.8 Å². The second kappa shape index (κ2) is 5.71. The SMILES string of the molecule is CC1CCC(CC(C)C2CCCC2O)C(O)C1. The Labute approximate surface area is 105 Å². The molecule has 0 spiro atoms. The van der Waals surface area contributed by atoms with Crippen molar-refractivity contribution in [1.82, 2.24) is 0 Å². The Balaban J connectivity index is 1.83. The van der Waals surface area contributed by atoms with E-state index < -0.39 is 0 Å². The summed E-state index contributed by atoms with van der Waals surface area (Å²) in [5.74, 6) is 2.23. The fourth-order valence-electron chi connectivity index (χ4n) is 3.97. The van der Waals surface area contributed by atoms with Gasteiger partial charge in [0.1, 0.15) is 0 Å². The molecule has 2 aliphatic carbocycles. The molecular formula is C15H28O2. The number of hydrogen-bond acceptors (Lipinski definition) is 2. The molecule has 0 amide bonds. The Morgan fingerprint density at radius 3 is 2.41 bits per heavy atom. The van der Waals surface area contributed by atoms with E-state index in [1.54, 1.807) is 0 Å². The predicted octanol–water partition coefficient (Wildman–Crippen LogP) is 2.97. The third-order valence-corrected chi connectivity index (χ3v) is 5.16. The van der Waals surface area contributed by atoms with Gasteiger partial charge in [0.2, 0.25) is 0 Å². The molecule has 2 aliphatic rings. The van der Waals surface area contributed by atoms with Gasteiger partial charge in [-0.15, -0.1) is 0 Å².